The van der Waals surface area contributed by atoms with Gasteiger partial charge in [-0.25, -0.2) is 0 Å². The summed E-state index contributed by atoms with van der Waals surface area (Å²) in [4.78, 5) is 5.45. The SMILES string of the molecule is CC(C)(C)c1cc2c3c(c1)N(c1cccc4c5cc(C(C)(C)C)ccc5n(-c5ccccc5)c14)c1cc(-n4c5ccc(C(C)(C)C)cc5c5cc(C(C)(C)C)ccc54)ccc1B3c1ccc(-n3c4ccc(C(C)(C)C)cc4c4cc(C(C)(C)C)ccc43)cc1N2c1cccc2c3cc(C(C)(C)C)ccc3n(-c3ccccc3)c12. The fourth-order valence-electron chi connectivity index (χ4n) is 18.8. The zero-order valence-electron chi connectivity index (χ0n) is 70.0. The highest BCUT2D eigenvalue weighted by Crippen LogP contribution is 2.53. The van der Waals surface area contributed by atoms with Crippen LogP contribution in [0, 0.1) is 0 Å². The maximum Gasteiger partial charge on any atom is 0.252 e. The van der Waals surface area contributed by atoms with Crippen molar-refractivity contribution in [2.24, 2.45) is 0 Å². The Bertz CT molecular complexity index is 6290. The summed E-state index contributed by atoms with van der Waals surface area (Å²) in [6.07, 6.45) is 0. The Hall–Kier alpha value is -11.3. The lowest BCUT2D eigenvalue weighted by Crippen LogP contribution is -2.61. The molecule has 13 aromatic carbocycles. The van der Waals surface area contributed by atoms with Crippen molar-refractivity contribution in [3.05, 3.63) is 294 Å². The van der Waals surface area contributed by atoms with E-state index in [1.807, 2.05) is 0 Å². The Balaban J connectivity index is 0.979. The summed E-state index contributed by atoms with van der Waals surface area (Å²) in [7, 11) is 0. The molecule has 19 rings (SSSR count). The summed E-state index contributed by atoms with van der Waals surface area (Å²) in [6.45, 7) is 49.1. The average molecular weight is 1470 g/mol. The van der Waals surface area contributed by atoms with E-state index in [9.17, 15) is 0 Å². The zero-order valence-corrected chi connectivity index (χ0v) is 70.0. The van der Waals surface area contributed by atoms with Crippen molar-refractivity contribution in [1.82, 2.24) is 18.3 Å². The van der Waals surface area contributed by atoms with Crippen LogP contribution < -0.4 is 26.2 Å². The third-order valence-electron chi connectivity index (χ3n) is 25.2. The first kappa shape index (κ1) is 72.0. The molecule has 0 unspecified atom stereocenters. The van der Waals surface area contributed by atoms with Gasteiger partial charge in [-0.3, -0.25) is 0 Å². The number of nitrogens with zero attached hydrogens (tertiary/aromatic N) is 6. The van der Waals surface area contributed by atoms with Crippen molar-refractivity contribution in [2.75, 3.05) is 9.80 Å². The molecule has 0 saturated heterocycles. The molecule has 7 heteroatoms. The minimum absolute atomic E-state index is 0.0579. The second kappa shape index (κ2) is 24.6. The molecule has 0 radical (unpaired) electrons. The van der Waals surface area contributed by atoms with Crippen LogP contribution in [0.25, 0.3) is 110 Å². The van der Waals surface area contributed by atoms with Gasteiger partial charge >= 0.3 is 0 Å². The summed E-state index contributed by atoms with van der Waals surface area (Å²) in [5.74, 6) is 0. The van der Waals surface area contributed by atoms with Crippen LogP contribution in [0.15, 0.2) is 255 Å². The summed E-state index contributed by atoms with van der Waals surface area (Å²) in [5, 5.41) is 9.97. The van der Waals surface area contributed by atoms with E-state index >= 15 is 0 Å². The van der Waals surface area contributed by atoms with Gasteiger partial charge in [0, 0.05) is 88.6 Å². The number of anilines is 6. The van der Waals surface area contributed by atoms with Crippen molar-refractivity contribution in [2.45, 2.75) is 183 Å². The highest BCUT2D eigenvalue weighted by Gasteiger charge is 2.46. The molecular weight excluding hydrogens is 1370 g/mol. The summed E-state index contributed by atoms with van der Waals surface area (Å²) in [5.41, 5.74) is 32.9. The van der Waals surface area contributed by atoms with E-state index in [-0.39, 0.29) is 44.6 Å². The fourth-order valence-corrected chi connectivity index (χ4v) is 18.8. The Morgan fingerprint density at radius 2 is 0.469 bits per heavy atom. The smallest absolute Gasteiger partial charge is 0.252 e. The van der Waals surface area contributed by atoms with E-state index in [1.54, 1.807) is 0 Å². The average Bonchev–Trinajstić information content (AvgIpc) is 1.44. The van der Waals surface area contributed by atoms with E-state index in [2.05, 4.69) is 428 Å². The van der Waals surface area contributed by atoms with Crippen LogP contribution in [0.4, 0.5) is 34.1 Å². The maximum absolute atomic E-state index is 2.72. The van der Waals surface area contributed by atoms with Gasteiger partial charge in [-0.1, -0.05) is 255 Å². The first-order valence-corrected chi connectivity index (χ1v) is 41.0. The molecule has 0 fully saturated rings. The van der Waals surface area contributed by atoms with Gasteiger partial charge in [0.15, 0.2) is 0 Å². The zero-order chi connectivity index (χ0) is 79.0. The first-order valence-electron chi connectivity index (χ1n) is 41.0. The van der Waals surface area contributed by atoms with Crippen molar-refractivity contribution >= 4 is 144 Å². The van der Waals surface area contributed by atoms with Gasteiger partial charge in [-0.2, -0.15) is 0 Å². The Labute approximate surface area is 668 Å². The number of benzene rings is 13. The molecule has 0 N–H and O–H groups in total. The van der Waals surface area contributed by atoms with Gasteiger partial charge in [0.05, 0.1) is 55.5 Å². The molecule has 0 spiro atoms. The largest absolute Gasteiger partial charge is 0.309 e. The van der Waals surface area contributed by atoms with E-state index in [0.717, 1.165) is 56.5 Å². The van der Waals surface area contributed by atoms with Crippen molar-refractivity contribution in [3.8, 4) is 22.7 Å². The lowest BCUT2D eigenvalue weighted by atomic mass is 9.33. The molecule has 0 amide bonds. The molecule has 562 valence electrons. The number of hydrogen-bond acceptors (Lipinski definition) is 2. The highest BCUT2D eigenvalue weighted by molar-refractivity contribution is 7.00. The quantitative estimate of drug-likeness (QED) is 0.155. The molecule has 4 aromatic heterocycles. The summed E-state index contributed by atoms with van der Waals surface area (Å²) in [6, 6.07) is 100. The van der Waals surface area contributed by atoms with Crippen LogP contribution in [0.5, 0.6) is 0 Å². The Morgan fingerprint density at radius 3 is 0.752 bits per heavy atom. The molecule has 2 aliphatic heterocycles. The van der Waals surface area contributed by atoms with E-state index in [1.165, 1.54) is 143 Å². The monoisotopic (exact) mass is 1470 g/mol. The van der Waals surface area contributed by atoms with Crippen LogP contribution in [-0.4, -0.2) is 25.0 Å². The topological polar surface area (TPSA) is 26.2 Å². The third-order valence-corrected chi connectivity index (χ3v) is 25.2. The normalized spacial score (nSPS) is 13.8. The lowest BCUT2D eigenvalue weighted by Gasteiger charge is -2.45. The third kappa shape index (κ3) is 11.3. The van der Waals surface area contributed by atoms with Gasteiger partial charge in [-0.15, -0.1) is 0 Å². The fraction of sp³-hybridized carbons (Fsp3) is 0.264. The standard InChI is InChI=1S/C106H105BN6/c1-100(2,3)64-42-52-89-77(54-64)75-34-28-36-91(98(75)110(89)71-30-24-22-25-31-71)112-93-62-73(108-85-48-38-66(102(7,8)9)56-79(85)80-57-67(103(10,11)12)39-49-86(80)108)44-46-83(93)107-84-47-45-74(109-87-50-40-68(104(13,14)15)58-81(87)82-59-69(105(16,17)18)41-51-88(82)109)63-94(84)113(96-61-70(106(19,20)21)60-95(112)97(96)107)92-37-29-35-76-78-55-65(101(4,5)6)43-53-90(78)111(99(76)92)72-32-26-23-27-33-72/h22-63H,1-21H3. The second-order valence-corrected chi connectivity index (χ2v) is 40.0. The van der Waals surface area contributed by atoms with Crippen molar-refractivity contribution in [1.29, 1.82) is 0 Å². The van der Waals surface area contributed by atoms with Crippen molar-refractivity contribution in [3.63, 3.8) is 0 Å². The predicted molar refractivity (Wildman–Crippen MR) is 489 cm³/mol. The van der Waals surface area contributed by atoms with Crippen LogP contribution in [0.3, 0.4) is 0 Å². The van der Waals surface area contributed by atoms with Crippen molar-refractivity contribution < 1.29 is 0 Å². The van der Waals surface area contributed by atoms with Gasteiger partial charge in [0.1, 0.15) is 0 Å². The van der Waals surface area contributed by atoms with E-state index in [4.69, 9.17) is 0 Å². The molecular formula is C106H105BN6. The predicted octanol–water partition coefficient (Wildman–Crippen LogP) is 27.2. The molecule has 6 nitrogen and oxygen atoms in total. The van der Waals surface area contributed by atoms with E-state index < -0.39 is 0 Å². The van der Waals surface area contributed by atoms with Crippen LogP contribution >= 0.6 is 0 Å². The molecule has 0 atom stereocenters. The molecule has 0 saturated carbocycles. The Morgan fingerprint density at radius 1 is 0.195 bits per heavy atom. The number of para-hydroxylation sites is 4. The molecule has 2 aliphatic rings. The summed E-state index contributed by atoms with van der Waals surface area (Å²) >= 11 is 0. The first-order chi connectivity index (χ1) is 53.5. The second-order valence-electron chi connectivity index (χ2n) is 40.0. The lowest BCUT2D eigenvalue weighted by molar-refractivity contribution is 0.590. The maximum atomic E-state index is 2.72. The minimum atomic E-state index is -0.327. The number of aromatic nitrogens is 4. The minimum Gasteiger partial charge on any atom is -0.309 e. The summed E-state index contributed by atoms with van der Waals surface area (Å²) < 4.78 is 10.3. The molecule has 0 aliphatic carbocycles. The molecule has 0 bridgehead atoms. The van der Waals surface area contributed by atoms with Crippen LogP contribution in [0.2, 0.25) is 0 Å². The number of hydrogen-bond donors (Lipinski definition) is 0. The van der Waals surface area contributed by atoms with Gasteiger partial charge in [0.25, 0.3) is 6.71 Å². The van der Waals surface area contributed by atoms with Gasteiger partial charge in [0.2, 0.25) is 0 Å². The number of rotatable bonds is 6. The van der Waals surface area contributed by atoms with Crippen LogP contribution in [0.1, 0.15) is 184 Å². The van der Waals surface area contributed by atoms with Gasteiger partial charge in [-0.05, 0) is 239 Å². The molecule has 113 heavy (non-hydrogen) atoms. The highest BCUT2D eigenvalue weighted by atomic mass is 15.2. The van der Waals surface area contributed by atoms with Gasteiger partial charge < -0.3 is 28.1 Å². The molecule has 17 aromatic rings. The molecule has 6 heterocycles. The Kier molecular flexibility index (Phi) is 15.7. The van der Waals surface area contributed by atoms with Crippen LogP contribution in [-0.2, 0) is 37.9 Å². The van der Waals surface area contributed by atoms with E-state index in [0.29, 0.717) is 0 Å². The number of fused-ring (bicyclic) bond motifs is 16.